The highest BCUT2D eigenvalue weighted by atomic mass is 35.5. The molecule has 0 bridgehead atoms. The molecule has 0 aliphatic heterocycles. The van der Waals surface area contributed by atoms with Crippen molar-refractivity contribution in [3.05, 3.63) is 62.0 Å². The van der Waals surface area contributed by atoms with E-state index in [2.05, 4.69) is 0 Å². The average Bonchev–Trinajstić information content (AvgIpc) is 2.34. The third-order valence-corrected chi connectivity index (χ3v) is 3.59. The summed E-state index contributed by atoms with van der Waals surface area (Å²) in [5.74, 6) is 0. The molecular formula is C15H13ClN2O. The van der Waals surface area contributed by atoms with Crippen LogP contribution in [0.3, 0.4) is 0 Å². The molecule has 0 N–H and O–H groups in total. The zero-order valence-corrected chi connectivity index (χ0v) is 11.7. The highest BCUT2D eigenvalue weighted by Gasteiger charge is 2.13. The Hall–Kier alpha value is -2.05. The predicted molar refractivity (Wildman–Crippen MR) is 76.0 cm³/mol. The summed E-state index contributed by atoms with van der Waals surface area (Å²) in [5, 5.41) is 9.70. The second kappa shape index (κ2) is 4.91. The van der Waals surface area contributed by atoms with Gasteiger partial charge in [-0.2, -0.15) is 5.26 Å². The lowest BCUT2D eigenvalue weighted by molar-refractivity contribution is 0.912. The number of hydrogen-bond acceptors (Lipinski definition) is 2. The van der Waals surface area contributed by atoms with E-state index in [4.69, 9.17) is 16.9 Å². The normalized spacial score (nSPS) is 10.3. The Balaban J connectivity index is 2.88. The topological polar surface area (TPSA) is 45.8 Å². The molecule has 0 saturated heterocycles. The molecule has 2 rings (SSSR count). The molecule has 0 saturated carbocycles. The molecule has 96 valence electrons. The standard InChI is InChI=1S/C15H13ClN2O/c1-9-7-10(2)18(15(19)12(9)8-17)14-6-4-5-13(16)11(14)3/h4-7H,1-3H3. The van der Waals surface area contributed by atoms with E-state index in [1.54, 1.807) is 19.1 Å². The fourth-order valence-corrected chi connectivity index (χ4v) is 2.33. The van der Waals surface area contributed by atoms with E-state index in [-0.39, 0.29) is 11.1 Å². The summed E-state index contributed by atoms with van der Waals surface area (Å²) in [6.07, 6.45) is 0. The largest absolute Gasteiger partial charge is 0.280 e. The number of halogens is 1. The Morgan fingerprint density at radius 2 is 1.95 bits per heavy atom. The van der Waals surface area contributed by atoms with Gasteiger partial charge in [0.1, 0.15) is 11.6 Å². The fourth-order valence-electron chi connectivity index (χ4n) is 2.16. The highest BCUT2D eigenvalue weighted by Crippen LogP contribution is 2.22. The lowest BCUT2D eigenvalue weighted by atomic mass is 10.1. The Bertz CT molecular complexity index is 754. The molecule has 19 heavy (non-hydrogen) atoms. The summed E-state index contributed by atoms with van der Waals surface area (Å²) in [6.45, 7) is 5.47. The molecule has 4 heteroatoms. The Kier molecular flexibility index (Phi) is 3.46. The maximum Gasteiger partial charge on any atom is 0.273 e. The van der Waals surface area contributed by atoms with Crippen LogP contribution >= 0.6 is 11.6 Å². The molecule has 0 unspecified atom stereocenters. The Labute approximate surface area is 116 Å². The van der Waals surface area contributed by atoms with Crippen LogP contribution in [0.2, 0.25) is 5.02 Å². The van der Waals surface area contributed by atoms with E-state index < -0.39 is 0 Å². The van der Waals surface area contributed by atoms with Gasteiger partial charge < -0.3 is 0 Å². The molecule has 1 heterocycles. The van der Waals surface area contributed by atoms with Crippen molar-refractivity contribution in [1.29, 1.82) is 5.26 Å². The highest BCUT2D eigenvalue weighted by molar-refractivity contribution is 6.31. The van der Waals surface area contributed by atoms with Crippen LogP contribution in [0, 0.1) is 32.1 Å². The van der Waals surface area contributed by atoms with Gasteiger partial charge in [0.15, 0.2) is 0 Å². The number of aryl methyl sites for hydroxylation is 2. The third-order valence-electron chi connectivity index (χ3n) is 3.18. The van der Waals surface area contributed by atoms with E-state index in [9.17, 15) is 4.79 Å². The minimum Gasteiger partial charge on any atom is -0.280 e. The van der Waals surface area contributed by atoms with Gasteiger partial charge in [0.05, 0.1) is 5.69 Å². The molecule has 0 spiro atoms. The van der Waals surface area contributed by atoms with Crippen LogP contribution in [-0.4, -0.2) is 4.57 Å². The molecule has 0 fully saturated rings. The summed E-state index contributed by atoms with van der Waals surface area (Å²) in [6, 6.07) is 9.20. The lowest BCUT2D eigenvalue weighted by Gasteiger charge is -2.15. The van der Waals surface area contributed by atoms with Gasteiger partial charge >= 0.3 is 0 Å². The van der Waals surface area contributed by atoms with Crippen molar-refractivity contribution in [3.8, 4) is 11.8 Å². The molecule has 2 aromatic rings. The second-order valence-corrected chi connectivity index (χ2v) is 4.89. The summed E-state index contributed by atoms with van der Waals surface area (Å²) in [5.41, 5.74) is 2.89. The predicted octanol–water partition coefficient (Wildman–Crippen LogP) is 3.29. The average molecular weight is 273 g/mol. The summed E-state index contributed by atoms with van der Waals surface area (Å²) >= 11 is 6.09. The van der Waals surface area contributed by atoms with Crippen LogP contribution in [0.4, 0.5) is 0 Å². The van der Waals surface area contributed by atoms with Crippen LogP contribution in [0.5, 0.6) is 0 Å². The summed E-state index contributed by atoms with van der Waals surface area (Å²) in [4.78, 5) is 12.4. The van der Waals surface area contributed by atoms with Crippen molar-refractivity contribution in [3.63, 3.8) is 0 Å². The van der Waals surface area contributed by atoms with E-state index in [0.717, 1.165) is 11.3 Å². The first-order valence-corrected chi connectivity index (χ1v) is 6.24. The van der Waals surface area contributed by atoms with Crippen LogP contribution in [0.1, 0.15) is 22.4 Å². The van der Waals surface area contributed by atoms with Crippen LogP contribution < -0.4 is 5.56 Å². The van der Waals surface area contributed by atoms with E-state index in [1.165, 1.54) is 4.57 Å². The number of hydrogen-bond donors (Lipinski definition) is 0. The SMILES string of the molecule is Cc1cc(C)n(-c2cccc(Cl)c2C)c(=O)c1C#N. The quantitative estimate of drug-likeness (QED) is 0.800. The van der Waals surface area contributed by atoms with Crippen LogP contribution in [0.15, 0.2) is 29.1 Å². The van der Waals surface area contributed by atoms with Crippen LogP contribution in [-0.2, 0) is 0 Å². The van der Waals surface area contributed by atoms with Gasteiger partial charge in [-0.1, -0.05) is 17.7 Å². The molecule has 0 amide bonds. The van der Waals surface area contributed by atoms with Crippen molar-refractivity contribution in [2.75, 3.05) is 0 Å². The van der Waals surface area contributed by atoms with Gasteiger partial charge in [-0.25, -0.2) is 0 Å². The van der Waals surface area contributed by atoms with Gasteiger partial charge in [0.2, 0.25) is 0 Å². The minimum absolute atomic E-state index is 0.171. The maximum absolute atomic E-state index is 12.4. The number of benzene rings is 1. The molecule has 3 nitrogen and oxygen atoms in total. The number of rotatable bonds is 1. The van der Waals surface area contributed by atoms with Crippen molar-refractivity contribution in [1.82, 2.24) is 4.57 Å². The third kappa shape index (κ3) is 2.16. The first-order valence-electron chi connectivity index (χ1n) is 5.86. The van der Waals surface area contributed by atoms with Gasteiger partial charge in [-0.15, -0.1) is 0 Å². The summed E-state index contributed by atoms with van der Waals surface area (Å²) in [7, 11) is 0. The van der Waals surface area contributed by atoms with Crippen molar-refractivity contribution < 1.29 is 0 Å². The van der Waals surface area contributed by atoms with Gasteiger partial charge in [-0.3, -0.25) is 9.36 Å². The molecule has 1 aromatic carbocycles. The molecular weight excluding hydrogens is 260 g/mol. The minimum atomic E-state index is -0.301. The Morgan fingerprint density at radius 1 is 1.26 bits per heavy atom. The zero-order chi connectivity index (χ0) is 14.2. The van der Waals surface area contributed by atoms with Gasteiger partial charge in [-0.05, 0) is 50.1 Å². The fraction of sp³-hybridized carbons (Fsp3) is 0.200. The van der Waals surface area contributed by atoms with E-state index in [0.29, 0.717) is 16.3 Å². The molecule has 0 aliphatic rings. The summed E-state index contributed by atoms with van der Waals surface area (Å²) < 4.78 is 1.53. The molecule has 1 aromatic heterocycles. The van der Waals surface area contributed by atoms with E-state index >= 15 is 0 Å². The smallest absolute Gasteiger partial charge is 0.273 e. The van der Waals surface area contributed by atoms with E-state index in [1.807, 2.05) is 32.0 Å². The lowest BCUT2D eigenvalue weighted by Crippen LogP contribution is -2.24. The number of nitrogens with zero attached hydrogens (tertiary/aromatic N) is 2. The Morgan fingerprint density at radius 3 is 2.58 bits per heavy atom. The van der Waals surface area contributed by atoms with Crippen molar-refractivity contribution in [2.24, 2.45) is 0 Å². The zero-order valence-electron chi connectivity index (χ0n) is 11.0. The number of pyridine rings is 1. The number of aromatic nitrogens is 1. The first kappa shape index (κ1) is 13.4. The van der Waals surface area contributed by atoms with Gasteiger partial charge in [0, 0.05) is 10.7 Å². The van der Waals surface area contributed by atoms with Crippen LogP contribution in [0.25, 0.3) is 5.69 Å². The molecule has 0 atom stereocenters. The first-order chi connectivity index (χ1) is 8.97. The molecule has 0 radical (unpaired) electrons. The molecule has 0 aliphatic carbocycles. The monoisotopic (exact) mass is 272 g/mol. The van der Waals surface area contributed by atoms with Gasteiger partial charge in [0.25, 0.3) is 5.56 Å². The van der Waals surface area contributed by atoms with Crippen molar-refractivity contribution in [2.45, 2.75) is 20.8 Å². The second-order valence-electron chi connectivity index (χ2n) is 4.48. The van der Waals surface area contributed by atoms with Crippen molar-refractivity contribution >= 4 is 11.6 Å². The maximum atomic E-state index is 12.4. The number of nitriles is 1.